The van der Waals surface area contributed by atoms with Crippen molar-refractivity contribution in [2.45, 2.75) is 11.8 Å². The molecule has 1 aliphatic rings. The molecule has 152 valence electrons. The van der Waals surface area contributed by atoms with E-state index in [1.165, 1.54) is 4.31 Å². The van der Waals surface area contributed by atoms with Gasteiger partial charge in [-0.25, -0.2) is 8.42 Å². The number of hydrogen-bond acceptors (Lipinski definition) is 7. The summed E-state index contributed by atoms with van der Waals surface area (Å²) in [5, 5.41) is 12.0. The van der Waals surface area contributed by atoms with Crippen molar-refractivity contribution in [3.05, 3.63) is 54.6 Å². The van der Waals surface area contributed by atoms with Crippen molar-refractivity contribution in [2.75, 3.05) is 37.7 Å². The molecule has 1 saturated heterocycles. The largest absolute Gasteiger partial charge is 0.494 e. The molecular weight excluding hydrogens is 392 g/mol. The Kier molecular flexibility index (Phi) is 5.45. The van der Waals surface area contributed by atoms with Gasteiger partial charge in [-0.2, -0.15) is 8.99 Å². The fraction of sp³-hybridized carbons (Fsp3) is 0.316. The summed E-state index contributed by atoms with van der Waals surface area (Å²) < 4.78 is 34.5. The number of nitrogens with zero attached hydrogens (tertiary/aromatic N) is 6. The number of para-hydroxylation sites is 1. The maximum atomic E-state index is 13.0. The first kappa shape index (κ1) is 19.3. The van der Waals surface area contributed by atoms with Gasteiger partial charge in [-0.3, -0.25) is 0 Å². The van der Waals surface area contributed by atoms with Crippen LogP contribution in [0.2, 0.25) is 0 Å². The predicted molar refractivity (Wildman–Crippen MR) is 108 cm³/mol. The number of aromatic nitrogens is 4. The monoisotopic (exact) mass is 414 g/mol. The third kappa shape index (κ3) is 3.94. The minimum absolute atomic E-state index is 0.267. The maximum absolute atomic E-state index is 13.0. The lowest BCUT2D eigenvalue weighted by molar-refractivity contribution is 0.340. The van der Waals surface area contributed by atoms with Gasteiger partial charge in [0.05, 0.1) is 17.2 Å². The highest BCUT2D eigenvalue weighted by Crippen LogP contribution is 2.23. The minimum atomic E-state index is -3.56. The molecule has 0 atom stereocenters. The van der Waals surface area contributed by atoms with Crippen LogP contribution in [0.5, 0.6) is 5.75 Å². The van der Waals surface area contributed by atoms with Crippen LogP contribution in [-0.2, 0) is 10.0 Å². The fourth-order valence-corrected chi connectivity index (χ4v) is 4.69. The quantitative estimate of drug-likeness (QED) is 0.604. The van der Waals surface area contributed by atoms with Gasteiger partial charge in [0.2, 0.25) is 16.0 Å². The van der Waals surface area contributed by atoms with E-state index in [2.05, 4.69) is 15.5 Å². The van der Waals surface area contributed by atoms with Gasteiger partial charge in [-0.05, 0) is 53.7 Å². The molecule has 0 unspecified atom stereocenters. The van der Waals surface area contributed by atoms with Crippen LogP contribution in [0.15, 0.2) is 59.5 Å². The average molecular weight is 414 g/mol. The van der Waals surface area contributed by atoms with Crippen LogP contribution in [0.4, 0.5) is 5.95 Å². The second-order valence-electron chi connectivity index (χ2n) is 6.52. The minimum Gasteiger partial charge on any atom is -0.494 e. The lowest BCUT2D eigenvalue weighted by atomic mass is 10.3. The van der Waals surface area contributed by atoms with Gasteiger partial charge in [-0.1, -0.05) is 23.3 Å². The van der Waals surface area contributed by atoms with E-state index in [-0.39, 0.29) is 4.90 Å². The maximum Gasteiger partial charge on any atom is 0.250 e. The second kappa shape index (κ2) is 8.18. The van der Waals surface area contributed by atoms with E-state index in [4.69, 9.17) is 4.74 Å². The molecule has 1 aromatic heterocycles. The molecular formula is C19H22N6O3S. The molecule has 4 rings (SSSR count). The van der Waals surface area contributed by atoms with Gasteiger partial charge in [0, 0.05) is 26.2 Å². The molecule has 2 aromatic carbocycles. The molecule has 1 fully saturated rings. The van der Waals surface area contributed by atoms with Crippen LogP contribution < -0.4 is 9.64 Å². The highest BCUT2D eigenvalue weighted by atomic mass is 32.2. The van der Waals surface area contributed by atoms with E-state index in [0.717, 1.165) is 5.69 Å². The van der Waals surface area contributed by atoms with Gasteiger partial charge in [0.25, 0.3) is 0 Å². The van der Waals surface area contributed by atoms with Gasteiger partial charge in [0.15, 0.2) is 0 Å². The van der Waals surface area contributed by atoms with Gasteiger partial charge >= 0.3 is 0 Å². The predicted octanol–water partition coefficient (Wildman–Crippen LogP) is 1.57. The van der Waals surface area contributed by atoms with Crippen LogP contribution >= 0.6 is 0 Å². The summed E-state index contributed by atoms with van der Waals surface area (Å²) in [7, 11) is -3.56. The van der Waals surface area contributed by atoms with Crippen LogP contribution in [0.1, 0.15) is 6.92 Å². The van der Waals surface area contributed by atoms with Crippen molar-refractivity contribution in [2.24, 2.45) is 0 Å². The summed E-state index contributed by atoms with van der Waals surface area (Å²) in [6, 6.07) is 16.1. The Morgan fingerprint density at radius 2 is 1.66 bits per heavy atom. The molecule has 3 aromatic rings. The number of anilines is 1. The third-order valence-corrected chi connectivity index (χ3v) is 6.66. The van der Waals surface area contributed by atoms with E-state index in [9.17, 15) is 8.42 Å². The van der Waals surface area contributed by atoms with E-state index < -0.39 is 10.0 Å². The standard InChI is InChI=1S/C19H22N6O3S/c1-2-28-17-8-10-18(11-9-17)29(26,27)24-14-12-23(13-15-24)19-20-21-22-25(19)16-6-4-3-5-7-16/h3-11H,2,12-15H2,1H3. The van der Waals surface area contributed by atoms with Crippen molar-refractivity contribution >= 4 is 16.0 Å². The Hall–Kier alpha value is -2.98. The summed E-state index contributed by atoms with van der Waals surface area (Å²) in [5.41, 5.74) is 0.858. The van der Waals surface area contributed by atoms with E-state index in [0.29, 0.717) is 44.5 Å². The number of piperazine rings is 1. The van der Waals surface area contributed by atoms with E-state index in [1.807, 2.05) is 42.2 Å². The third-order valence-electron chi connectivity index (χ3n) is 4.75. The molecule has 0 bridgehead atoms. The topological polar surface area (TPSA) is 93.5 Å². The van der Waals surface area contributed by atoms with Crippen LogP contribution in [0.25, 0.3) is 5.69 Å². The van der Waals surface area contributed by atoms with Crippen LogP contribution in [0.3, 0.4) is 0 Å². The Labute approximate surface area is 169 Å². The molecule has 29 heavy (non-hydrogen) atoms. The zero-order valence-electron chi connectivity index (χ0n) is 16.0. The number of sulfonamides is 1. The number of rotatable bonds is 6. The Balaban J connectivity index is 1.47. The smallest absolute Gasteiger partial charge is 0.250 e. The molecule has 9 nitrogen and oxygen atoms in total. The van der Waals surface area contributed by atoms with Crippen molar-refractivity contribution < 1.29 is 13.2 Å². The highest BCUT2D eigenvalue weighted by Gasteiger charge is 2.30. The summed E-state index contributed by atoms with van der Waals surface area (Å²) >= 11 is 0. The molecule has 0 amide bonds. The number of tetrazole rings is 1. The van der Waals surface area contributed by atoms with Crippen LogP contribution in [0, 0.1) is 0 Å². The molecule has 0 N–H and O–H groups in total. The second-order valence-corrected chi connectivity index (χ2v) is 8.46. The first-order valence-corrected chi connectivity index (χ1v) is 10.9. The Morgan fingerprint density at radius 1 is 0.966 bits per heavy atom. The zero-order valence-corrected chi connectivity index (χ0v) is 16.9. The summed E-state index contributed by atoms with van der Waals surface area (Å²) in [5.74, 6) is 1.26. The zero-order chi connectivity index (χ0) is 20.3. The first-order chi connectivity index (χ1) is 14.1. The molecule has 0 radical (unpaired) electrons. The summed E-state index contributed by atoms with van der Waals surface area (Å²) in [6.07, 6.45) is 0. The van der Waals surface area contributed by atoms with Gasteiger partial charge in [0.1, 0.15) is 5.75 Å². The van der Waals surface area contributed by atoms with E-state index >= 15 is 0 Å². The number of benzene rings is 2. The molecule has 1 aliphatic heterocycles. The molecule has 0 spiro atoms. The Bertz CT molecular complexity index is 1050. The first-order valence-electron chi connectivity index (χ1n) is 9.41. The molecule has 0 aliphatic carbocycles. The fourth-order valence-electron chi connectivity index (χ4n) is 3.27. The van der Waals surface area contributed by atoms with Crippen LogP contribution in [-0.4, -0.2) is 65.7 Å². The van der Waals surface area contributed by atoms with Gasteiger partial charge < -0.3 is 9.64 Å². The van der Waals surface area contributed by atoms with Crippen molar-refractivity contribution in [3.63, 3.8) is 0 Å². The lowest BCUT2D eigenvalue weighted by Gasteiger charge is -2.34. The highest BCUT2D eigenvalue weighted by molar-refractivity contribution is 7.89. The normalized spacial score (nSPS) is 15.4. The SMILES string of the molecule is CCOc1ccc(S(=O)(=O)N2CCN(c3nnnn3-c3ccccc3)CC2)cc1. The van der Waals surface area contributed by atoms with Crippen molar-refractivity contribution in [3.8, 4) is 11.4 Å². The number of ether oxygens (including phenoxy) is 1. The Morgan fingerprint density at radius 3 is 2.31 bits per heavy atom. The number of hydrogen-bond donors (Lipinski definition) is 0. The van der Waals surface area contributed by atoms with Crippen molar-refractivity contribution in [1.82, 2.24) is 24.5 Å². The van der Waals surface area contributed by atoms with Gasteiger partial charge in [-0.15, -0.1) is 0 Å². The molecule has 0 saturated carbocycles. The summed E-state index contributed by atoms with van der Waals surface area (Å²) in [4.78, 5) is 2.26. The van der Waals surface area contributed by atoms with Crippen molar-refractivity contribution in [1.29, 1.82) is 0 Å². The molecule has 10 heteroatoms. The average Bonchev–Trinajstić information content (AvgIpc) is 3.25. The molecule has 2 heterocycles. The summed E-state index contributed by atoms with van der Waals surface area (Å²) in [6.45, 7) is 4.15. The lowest BCUT2D eigenvalue weighted by Crippen LogP contribution is -2.49. The van der Waals surface area contributed by atoms with E-state index in [1.54, 1.807) is 28.9 Å².